The number of fused-ring (bicyclic) bond motifs is 1. The van der Waals surface area contributed by atoms with Gasteiger partial charge in [-0.1, -0.05) is 11.6 Å². The Labute approximate surface area is 149 Å². The molecule has 3 rings (SSSR count). The van der Waals surface area contributed by atoms with E-state index < -0.39 is 0 Å². The highest BCUT2D eigenvalue weighted by molar-refractivity contribution is 6.32. The number of hydrogen-bond donors (Lipinski definition) is 1. The normalized spacial score (nSPS) is 12.4. The number of hydrogen-bond acceptors (Lipinski definition) is 4. The second kappa shape index (κ2) is 7.90. The minimum atomic E-state index is -0.325. The molecule has 1 amide bonds. The van der Waals surface area contributed by atoms with Crippen LogP contribution >= 0.6 is 11.6 Å². The van der Waals surface area contributed by atoms with E-state index in [-0.39, 0.29) is 25.1 Å². The summed E-state index contributed by atoms with van der Waals surface area (Å²) in [6.45, 7) is 0.736. The molecule has 0 fully saturated rings. The Morgan fingerprint density at radius 1 is 1.28 bits per heavy atom. The molecule has 0 bridgehead atoms. The summed E-state index contributed by atoms with van der Waals surface area (Å²) >= 11 is 6.08. The lowest BCUT2D eigenvalue weighted by atomic mass is 10.2. The van der Waals surface area contributed by atoms with E-state index in [9.17, 15) is 9.18 Å². The smallest absolute Gasteiger partial charge is 0.244 e. The van der Waals surface area contributed by atoms with Crippen molar-refractivity contribution in [3.05, 3.63) is 58.9 Å². The van der Waals surface area contributed by atoms with Crippen molar-refractivity contribution in [3.8, 4) is 17.2 Å². The average Bonchev–Trinajstić information content (AvgIpc) is 3.08. The van der Waals surface area contributed by atoms with Gasteiger partial charge in [-0.05, 0) is 48.0 Å². The fourth-order valence-electron chi connectivity index (χ4n) is 2.19. The molecule has 1 aliphatic rings. The molecule has 7 heteroatoms. The Balaban J connectivity index is 1.45. The molecule has 0 spiro atoms. The van der Waals surface area contributed by atoms with Crippen LogP contribution in [0.3, 0.4) is 0 Å². The maximum atomic E-state index is 12.8. The number of nitrogens with one attached hydrogen (secondary N) is 1. The third-order valence-corrected chi connectivity index (χ3v) is 3.64. The lowest BCUT2D eigenvalue weighted by Gasteiger charge is -2.06. The first-order chi connectivity index (χ1) is 12.1. The summed E-state index contributed by atoms with van der Waals surface area (Å²) in [5, 5.41) is 3.12. The van der Waals surface area contributed by atoms with Gasteiger partial charge in [0.15, 0.2) is 11.5 Å². The Hall–Kier alpha value is -2.73. The van der Waals surface area contributed by atoms with Crippen LogP contribution in [0.15, 0.2) is 42.5 Å². The molecule has 130 valence electrons. The van der Waals surface area contributed by atoms with Gasteiger partial charge in [0.05, 0.1) is 11.6 Å². The predicted molar refractivity (Wildman–Crippen MR) is 91.5 cm³/mol. The molecule has 0 atom stereocenters. The second-order valence-corrected chi connectivity index (χ2v) is 5.57. The Kier molecular flexibility index (Phi) is 5.40. The van der Waals surface area contributed by atoms with Gasteiger partial charge in [-0.3, -0.25) is 4.79 Å². The van der Waals surface area contributed by atoms with Crippen LogP contribution in [0.2, 0.25) is 5.02 Å². The van der Waals surface area contributed by atoms with Crippen molar-refractivity contribution < 1.29 is 23.4 Å². The monoisotopic (exact) mass is 363 g/mol. The number of carbonyl (C=O) groups is 1. The first-order valence-corrected chi connectivity index (χ1v) is 7.93. The molecule has 0 unspecified atom stereocenters. The van der Waals surface area contributed by atoms with Gasteiger partial charge in [-0.25, -0.2) is 4.39 Å². The standard InChI is InChI=1S/C18H15ClFNO4/c19-15-9-12(10-16-18(15)25-11-24-16)1-6-17(22)21-7-8-23-14-4-2-13(20)3-5-14/h1-6,9-10H,7-8,11H2,(H,21,22)/b6-1+. The number of benzene rings is 2. The van der Waals surface area contributed by atoms with Crippen molar-refractivity contribution in [1.82, 2.24) is 5.32 Å². The van der Waals surface area contributed by atoms with Crippen LogP contribution in [0.5, 0.6) is 17.2 Å². The molecule has 0 aliphatic carbocycles. The van der Waals surface area contributed by atoms with E-state index in [4.69, 9.17) is 25.8 Å². The highest BCUT2D eigenvalue weighted by atomic mass is 35.5. The summed E-state index contributed by atoms with van der Waals surface area (Å²) in [6, 6.07) is 9.12. The molecule has 1 aliphatic heterocycles. The lowest BCUT2D eigenvalue weighted by molar-refractivity contribution is -0.116. The number of carbonyl (C=O) groups excluding carboxylic acids is 1. The number of rotatable bonds is 6. The van der Waals surface area contributed by atoms with Crippen molar-refractivity contribution in [2.45, 2.75) is 0 Å². The van der Waals surface area contributed by atoms with Crippen molar-refractivity contribution in [2.24, 2.45) is 0 Å². The van der Waals surface area contributed by atoms with Gasteiger partial charge in [0.25, 0.3) is 0 Å². The molecule has 5 nitrogen and oxygen atoms in total. The number of halogens is 2. The topological polar surface area (TPSA) is 56.8 Å². The molecule has 0 saturated carbocycles. The van der Waals surface area contributed by atoms with Gasteiger partial charge in [0.1, 0.15) is 18.2 Å². The maximum Gasteiger partial charge on any atom is 0.244 e. The zero-order valence-corrected chi connectivity index (χ0v) is 13.9. The molecule has 2 aromatic carbocycles. The molecule has 0 aromatic heterocycles. The predicted octanol–water partition coefficient (Wildman–Crippen LogP) is 3.42. The third kappa shape index (κ3) is 4.64. The number of amides is 1. The SMILES string of the molecule is O=C(/C=C/c1cc(Cl)c2c(c1)OCO2)NCCOc1ccc(F)cc1. The fraction of sp³-hybridized carbons (Fsp3) is 0.167. The molecule has 1 N–H and O–H groups in total. The van der Waals surface area contributed by atoms with Gasteiger partial charge < -0.3 is 19.5 Å². The van der Waals surface area contributed by atoms with Crippen molar-refractivity contribution >= 4 is 23.6 Å². The van der Waals surface area contributed by atoms with Crippen LogP contribution in [0.1, 0.15) is 5.56 Å². The summed E-state index contributed by atoms with van der Waals surface area (Å²) < 4.78 is 28.6. The van der Waals surface area contributed by atoms with Gasteiger partial charge in [-0.2, -0.15) is 0 Å². The quantitative estimate of drug-likeness (QED) is 0.631. The molecule has 0 radical (unpaired) electrons. The largest absolute Gasteiger partial charge is 0.492 e. The zero-order chi connectivity index (χ0) is 17.6. The third-order valence-electron chi connectivity index (χ3n) is 3.36. The van der Waals surface area contributed by atoms with Crippen molar-refractivity contribution in [2.75, 3.05) is 19.9 Å². The molecular weight excluding hydrogens is 349 g/mol. The van der Waals surface area contributed by atoms with E-state index in [1.54, 1.807) is 18.2 Å². The van der Waals surface area contributed by atoms with Crippen LogP contribution < -0.4 is 19.5 Å². The van der Waals surface area contributed by atoms with Crippen LogP contribution in [0.4, 0.5) is 4.39 Å². The molecule has 1 heterocycles. The Morgan fingerprint density at radius 3 is 2.88 bits per heavy atom. The summed E-state index contributed by atoms with van der Waals surface area (Å²) in [4.78, 5) is 11.8. The van der Waals surface area contributed by atoms with Gasteiger partial charge in [-0.15, -0.1) is 0 Å². The van der Waals surface area contributed by atoms with Crippen LogP contribution in [0.25, 0.3) is 6.08 Å². The van der Waals surface area contributed by atoms with Gasteiger partial charge in [0, 0.05) is 6.08 Å². The first-order valence-electron chi connectivity index (χ1n) is 7.55. The highest BCUT2D eigenvalue weighted by Crippen LogP contribution is 2.40. The van der Waals surface area contributed by atoms with Crippen LogP contribution in [-0.4, -0.2) is 25.9 Å². The molecule has 25 heavy (non-hydrogen) atoms. The Bertz CT molecular complexity index is 792. The minimum Gasteiger partial charge on any atom is -0.492 e. The first kappa shape index (κ1) is 17.1. The van der Waals surface area contributed by atoms with E-state index in [1.165, 1.54) is 30.3 Å². The highest BCUT2D eigenvalue weighted by Gasteiger charge is 2.17. The summed E-state index contributed by atoms with van der Waals surface area (Å²) in [5.74, 6) is 1.02. The minimum absolute atomic E-state index is 0.136. The molecular formula is C18H15ClFNO4. The second-order valence-electron chi connectivity index (χ2n) is 5.16. The van der Waals surface area contributed by atoms with Gasteiger partial charge >= 0.3 is 0 Å². The number of ether oxygens (including phenoxy) is 3. The van der Waals surface area contributed by atoms with Crippen LogP contribution in [0, 0.1) is 5.82 Å². The average molecular weight is 364 g/mol. The Morgan fingerprint density at radius 2 is 2.08 bits per heavy atom. The van der Waals surface area contributed by atoms with Gasteiger partial charge in [0.2, 0.25) is 12.7 Å². The molecule has 2 aromatic rings. The van der Waals surface area contributed by atoms with E-state index in [2.05, 4.69) is 5.32 Å². The van der Waals surface area contributed by atoms with Crippen molar-refractivity contribution in [3.63, 3.8) is 0 Å². The van der Waals surface area contributed by atoms with E-state index in [1.807, 2.05) is 0 Å². The summed E-state index contributed by atoms with van der Waals surface area (Å²) in [7, 11) is 0. The fourth-order valence-corrected chi connectivity index (χ4v) is 2.46. The summed E-state index contributed by atoms with van der Waals surface area (Å²) in [5.41, 5.74) is 0.729. The van der Waals surface area contributed by atoms with E-state index >= 15 is 0 Å². The van der Waals surface area contributed by atoms with E-state index in [0.29, 0.717) is 28.8 Å². The van der Waals surface area contributed by atoms with Crippen molar-refractivity contribution in [1.29, 1.82) is 0 Å². The summed E-state index contributed by atoms with van der Waals surface area (Å²) in [6.07, 6.45) is 3.02. The molecule has 0 saturated heterocycles. The van der Waals surface area contributed by atoms with Crippen LogP contribution in [-0.2, 0) is 4.79 Å². The van der Waals surface area contributed by atoms with E-state index in [0.717, 1.165) is 5.56 Å². The zero-order valence-electron chi connectivity index (χ0n) is 13.1. The maximum absolute atomic E-state index is 12.8. The lowest BCUT2D eigenvalue weighted by Crippen LogP contribution is -2.26.